The molecule has 0 radical (unpaired) electrons. The zero-order valence-corrected chi connectivity index (χ0v) is 16.0. The van der Waals surface area contributed by atoms with E-state index in [2.05, 4.69) is 0 Å². The number of allylic oxidation sites excluding steroid dienone is 1. The second kappa shape index (κ2) is 8.97. The van der Waals surface area contributed by atoms with Gasteiger partial charge < -0.3 is 9.47 Å². The Bertz CT molecular complexity index is 1070. The van der Waals surface area contributed by atoms with Crippen molar-refractivity contribution in [2.45, 2.75) is 6.92 Å². The highest BCUT2D eigenvalue weighted by Gasteiger charge is 2.16. The van der Waals surface area contributed by atoms with E-state index < -0.39 is 5.97 Å². The Hall–Kier alpha value is -3.73. The van der Waals surface area contributed by atoms with Gasteiger partial charge in [-0.2, -0.15) is 0 Å². The lowest BCUT2D eigenvalue weighted by Crippen LogP contribution is -2.11. The minimum Gasteiger partial charge on any atom is -0.497 e. The van der Waals surface area contributed by atoms with Crippen LogP contribution < -0.4 is 9.47 Å². The van der Waals surface area contributed by atoms with Crippen molar-refractivity contribution in [1.29, 1.82) is 0 Å². The molecular formula is C24H19FO4. The summed E-state index contributed by atoms with van der Waals surface area (Å²) in [6.07, 6.45) is 2.95. The van der Waals surface area contributed by atoms with Crippen molar-refractivity contribution in [2.24, 2.45) is 0 Å². The Labute approximate surface area is 168 Å². The molecule has 0 fully saturated rings. The Kier molecular flexibility index (Phi) is 6.19. The summed E-state index contributed by atoms with van der Waals surface area (Å²) in [5.41, 5.74) is 2.11. The first-order chi connectivity index (χ1) is 14.0. The van der Waals surface area contributed by atoms with Gasteiger partial charge in [-0.25, -0.2) is 9.18 Å². The van der Waals surface area contributed by atoms with E-state index in [9.17, 15) is 14.0 Å². The minimum absolute atomic E-state index is 0.164. The summed E-state index contributed by atoms with van der Waals surface area (Å²) in [5, 5.41) is 0. The molecule has 3 aromatic carbocycles. The minimum atomic E-state index is -0.593. The smallest absolute Gasteiger partial charge is 0.343 e. The summed E-state index contributed by atoms with van der Waals surface area (Å²) in [5.74, 6) is -0.575. The molecule has 0 heterocycles. The number of aryl methyl sites for hydroxylation is 1. The molecule has 0 unspecified atom stereocenters. The number of methoxy groups -OCH3 is 1. The molecule has 3 rings (SSSR count). The molecule has 0 saturated heterocycles. The number of hydrogen-bond donors (Lipinski definition) is 0. The van der Waals surface area contributed by atoms with Crippen LogP contribution in [-0.4, -0.2) is 18.9 Å². The van der Waals surface area contributed by atoms with Crippen molar-refractivity contribution in [2.75, 3.05) is 7.11 Å². The fourth-order valence-corrected chi connectivity index (χ4v) is 2.67. The Morgan fingerprint density at radius 1 is 0.966 bits per heavy atom. The second-order valence-electron chi connectivity index (χ2n) is 6.37. The lowest BCUT2D eigenvalue weighted by atomic mass is 10.0. The van der Waals surface area contributed by atoms with E-state index in [-0.39, 0.29) is 22.9 Å². The molecule has 0 N–H and O–H groups in total. The first-order valence-corrected chi connectivity index (χ1v) is 8.91. The fraction of sp³-hybridized carbons (Fsp3) is 0.0833. The molecule has 146 valence electrons. The molecule has 0 aliphatic carbocycles. The monoisotopic (exact) mass is 390 g/mol. The van der Waals surface area contributed by atoms with E-state index in [1.54, 1.807) is 60.7 Å². The lowest BCUT2D eigenvalue weighted by Gasteiger charge is -2.10. The SMILES string of the molecule is COc1cccc(C(=O)Oc2ccc(C)cc2C(=O)/C=C/c2ccc(F)cc2)c1. The van der Waals surface area contributed by atoms with Crippen LogP contribution in [0.1, 0.15) is 31.8 Å². The predicted octanol–water partition coefficient (Wildman–Crippen LogP) is 5.26. The van der Waals surface area contributed by atoms with Crippen molar-refractivity contribution in [3.63, 3.8) is 0 Å². The van der Waals surface area contributed by atoms with Crippen molar-refractivity contribution in [3.05, 3.63) is 101 Å². The maximum absolute atomic E-state index is 13.0. The molecule has 5 heteroatoms. The van der Waals surface area contributed by atoms with Crippen molar-refractivity contribution in [1.82, 2.24) is 0 Å². The van der Waals surface area contributed by atoms with Gasteiger partial charge in [-0.1, -0.05) is 35.9 Å². The maximum atomic E-state index is 13.0. The first kappa shape index (κ1) is 20.0. The highest BCUT2D eigenvalue weighted by atomic mass is 19.1. The summed E-state index contributed by atoms with van der Waals surface area (Å²) >= 11 is 0. The number of carbonyl (C=O) groups is 2. The number of ether oxygens (including phenoxy) is 2. The normalized spacial score (nSPS) is 10.7. The molecule has 0 aromatic heterocycles. The fourth-order valence-electron chi connectivity index (χ4n) is 2.67. The quantitative estimate of drug-likeness (QED) is 0.249. The molecule has 3 aromatic rings. The summed E-state index contributed by atoms with van der Waals surface area (Å²) in [6.45, 7) is 1.84. The predicted molar refractivity (Wildman–Crippen MR) is 109 cm³/mol. The number of hydrogen-bond acceptors (Lipinski definition) is 4. The van der Waals surface area contributed by atoms with Gasteiger partial charge >= 0.3 is 5.97 Å². The van der Waals surface area contributed by atoms with Gasteiger partial charge in [0.2, 0.25) is 0 Å². The van der Waals surface area contributed by atoms with Crippen LogP contribution in [-0.2, 0) is 0 Å². The molecule has 0 aliphatic rings. The zero-order chi connectivity index (χ0) is 20.8. The third-order valence-electron chi connectivity index (χ3n) is 4.21. The topological polar surface area (TPSA) is 52.6 Å². The van der Waals surface area contributed by atoms with Crippen molar-refractivity contribution in [3.8, 4) is 11.5 Å². The van der Waals surface area contributed by atoms with Gasteiger partial charge in [0, 0.05) is 0 Å². The number of rotatable bonds is 6. The summed E-state index contributed by atoms with van der Waals surface area (Å²) in [6, 6.07) is 17.3. The third-order valence-corrected chi connectivity index (χ3v) is 4.21. The van der Waals surface area contributed by atoms with Crippen LogP contribution in [0.15, 0.2) is 72.8 Å². The van der Waals surface area contributed by atoms with E-state index in [4.69, 9.17) is 9.47 Å². The number of benzene rings is 3. The van der Waals surface area contributed by atoms with E-state index in [1.807, 2.05) is 6.92 Å². The van der Waals surface area contributed by atoms with Gasteiger partial charge in [0.1, 0.15) is 17.3 Å². The average Bonchev–Trinajstić information content (AvgIpc) is 2.74. The molecule has 0 atom stereocenters. The van der Waals surface area contributed by atoms with Crippen LogP contribution in [0.3, 0.4) is 0 Å². The Balaban J connectivity index is 1.84. The van der Waals surface area contributed by atoms with Crippen LogP contribution in [0.2, 0.25) is 0 Å². The van der Waals surface area contributed by atoms with Crippen molar-refractivity contribution < 1.29 is 23.5 Å². The van der Waals surface area contributed by atoms with E-state index in [1.165, 1.54) is 25.3 Å². The molecule has 0 saturated carbocycles. The summed E-state index contributed by atoms with van der Waals surface area (Å²) < 4.78 is 23.6. The van der Waals surface area contributed by atoms with Crippen LogP contribution >= 0.6 is 0 Å². The standard InChI is InChI=1S/C24H19FO4/c1-16-6-13-23(29-24(27)18-4-3-5-20(15-18)28-2)21(14-16)22(26)12-9-17-7-10-19(25)11-8-17/h3-15H,1-2H3/b12-9+. The van der Waals surface area contributed by atoms with Crippen LogP contribution in [0.5, 0.6) is 11.5 Å². The van der Waals surface area contributed by atoms with E-state index >= 15 is 0 Å². The second-order valence-corrected chi connectivity index (χ2v) is 6.37. The van der Waals surface area contributed by atoms with Crippen LogP contribution in [0, 0.1) is 12.7 Å². The Morgan fingerprint density at radius 2 is 1.72 bits per heavy atom. The average molecular weight is 390 g/mol. The molecule has 29 heavy (non-hydrogen) atoms. The highest BCUT2D eigenvalue weighted by molar-refractivity contribution is 6.09. The molecule has 0 bridgehead atoms. The first-order valence-electron chi connectivity index (χ1n) is 8.91. The van der Waals surface area contributed by atoms with Gasteiger partial charge in [-0.3, -0.25) is 4.79 Å². The van der Waals surface area contributed by atoms with Crippen LogP contribution in [0.4, 0.5) is 4.39 Å². The highest BCUT2D eigenvalue weighted by Crippen LogP contribution is 2.23. The van der Waals surface area contributed by atoms with E-state index in [0.29, 0.717) is 16.9 Å². The van der Waals surface area contributed by atoms with Crippen LogP contribution in [0.25, 0.3) is 6.08 Å². The van der Waals surface area contributed by atoms with Gasteiger partial charge in [-0.05, 0) is 61.0 Å². The summed E-state index contributed by atoms with van der Waals surface area (Å²) in [7, 11) is 1.51. The molecule has 0 spiro atoms. The maximum Gasteiger partial charge on any atom is 0.343 e. The van der Waals surface area contributed by atoms with E-state index in [0.717, 1.165) is 5.56 Å². The number of ketones is 1. The molecule has 4 nitrogen and oxygen atoms in total. The zero-order valence-electron chi connectivity index (χ0n) is 16.0. The molecule has 0 amide bonds. The molecule has 0 aliphatic heterocycles. The van der Waals surface area contributed by atoms with Gasteiger partial charge in [0.05, 0.1) is 18.2 Å². The summed E-state index contributed by atoms with van der Waals surface area (Å²) in [4.78, 5) is 25.2. The Morgan fingerprint density at radius 3 is 2.45 bits per heavy atom. The van der Waals surface area contributed by atoms with Gasteiger partial charge in [0.15, 0.2) is 5.78 Å². The van der Waals surface area contributed by atoms with Gasteiger partial charge in [0.25, 0.3) is 0 Å². The number of esters is 1. The lowest BCUT2D eigenvalue weighted by molar-refractivity contribution is 0.0732. The number of halogens is 1. The van der Waals surface area contributed by atoms with Gasteiger partial charge in [-0.15, -0.1) is 0 Å². The largest absolute Gasteiger partial charge is 0.497 e. The molecular weight excluding hydrogens is 371 g/mol. The van der Waals surface area contributed by atoms with Crippen molar-refractivity contribution >= 4 is 17.8 Å². The third kappa shape index (κ3) is 5.17. The number of carbonyl (C=O) groups excluding carboxylic acids is 2.